The standard InChI is InChI=1S/C12H15Cl2NO5S/c1-6(2)8(5-16)15-21(19,20)9-4-3-7(13)10(11(9)14)12(17)18/h3-4,6,8,15-16H,5H2,1-2H3,(H,17,18)/t8-/m1/s1. The van der Waals surface area contributed by atoms with E-state index in [1.807, 2.05) is 0 Å². The van der Waals surface area contributed by atoms with Crippen LogP contribution in [0.5, 0.6) is 0 Å². The second kappa shape index (κ2) is 6.93. The van der Waals surface area contributed by atoms with Crippen LogP contribution in [-0.2, 0) is 10.0 Å². The first kappa shape index (κ1) is 18.2. The second-order valence-electron chi connectivity index (χ2n) is 4.69. The molecule has 118 valence electrons. The van der Waals surface area contributed by atoms with Crippen molar-refractivity contribution in [1.82, 2.24) is 4.72 Å². The van der Waals surface area contributed by atoms with Crippen LogP contribution in [0.1, 0.15) is 24.2 Å². The molecular formula is C12H15Cl2NO5S. The largest absolute Gasteiger partial charge is 0.478 e. The van der Waals surface area contributed by atoms with E-state index in [4.69, 9.17) is 28.3 Å². The Hall–Kier alpha value is -0.860. The van der Waals surface area contributed by atoms with Crippen molar-refractivity contribution in [3.05, 3.63) is 27.7 Å². The van der Waals surface area contributed by atoms with E-state index in [0.29, 0.717) is 0 Å². The first-order chi connectivity index (χ1) is 9.61. The molecule has 0 bridgehead atoms. The summed E-state index contributed by atoms with van der Waals surface area (Å²) in [6.07, 6.45) is 0. The Morgan fingerprint density at radius 2 is 1.90 bits per heavy atom. The number of carbonyl (C=O) groups is 1. The monoisotopic (exact) mass is 355 g/mol. The number of aliphatic hydroxyl groups is 1. The van der Waals surface area contributed by atoms with Gasteiger partial charge in [-0.3, -0.25) is 0 Å². The number of sulfonamides is 1. The lowest BCUT2D eigenvalue weighted by Gasteiger charge is -2.20. The van der Waals surface area contributed by atoms with Crippen LogP contribution in [0.4, 0.5) is 0 Å². The number of rotatable bonds is 6. The Labute approximate surface area is 132 Å². The van der Waals surface area contributed by atoms with Gasteiger partial charge in [0.15, 0.2) is 0 Å². The van der Waals surface area contributed by atoms with E-state index in [1.54, 1.807) is 13.8 Å². The Morgan fingerprint density at radius 3 is 2.33 bits per heavy atom. The molecule has 1 atom stereocenters. The van der Waals surface area contributed by atoms with E-state index >= 15 is 0 Å². The average Bonchev–Trinajstić information content (AvgIpc) is 2.34. The van der Waals surface area contributed by atoms with E-state index in [-0.39, 0.29) is 10.9 Å². The molecule has 0 saturated heterocycles. The van der Waals surface area contributed by atoms with Gasteiger partial charge in [-0.25, -0.2) is 17.9 Å². The Kier molecular flexibility index (Phi) is 6.01. The van der Waals surface area contributed by atoms with Crippen molar-refractivity contribution in [2.45, 2.75) is 24.8 Å². The van der Waals surface area contributed by atoms with Crippen LogP contribution in [0.2, 0.25) is 10.0 Å². The van der Waals surface area contributed by atoms with Crippen LogP contribution >= 0.6 is 23.2 Å². The predicted octanol–water partition coefficient (Wildman–Crippen LogP) is 1.99. The molecule has 1 rings (SSSR count). The fraction of sp³-hybridized carbons (Fsp3) is 0.417. The minimum atomic E-state index is -4.08. The third-order valence-electron chi connectivity index (χ3n) is 2.87. The zero-order valence-corrected chi connectivity index (χ0v) is 13.6. The molecule has 0 aromatic heterocycles. The SMILES string of the molecule is CC(C)[C@@H](CO)NS(=O)(=O)c1ccc(Cl)c(C(=O)O)c1Cl. The molecule has 0 heterocycles. The number of hydrogen-bond acceptors (Lipinski definition) is 4. The van der Waals surface area contributed by atoms with Crippen LogP contribution in [0, 0.1) is 5.92 Å². The first-order valence-electron chi connectivity index (χ1n) is 5.96. The molecule has 0 aliphatic heterocycles. The third-order valence-corrected chi connectivity index (χ3v) is 5.22. The molecule has 9 heteroatoms. The summed E-state index contributed by atoms with van der Waals surface area (Å²) in [7, 11) is -4.08. The summed E-state index contributed by atoms with van der Waals surface area (Å²) < 4.78 is 26.8. The third kappa shape index (κ3) is 4.08. The van der Waals surface area contributed by atoms with Crippen molar-refractivity contribution < 1.29 is 23.4 Å². The van der Waals surface area contributed by atoms with E-state index in [1.165, 1.54) is 0 Å². The maximum Gasteiger partial charge on any atom is 0.338 e. The minimum Gasteiger partial charge on any atom is -0.478 e. The molecule has 0 fully saturated rings. The highest BCUT2D eigenvalue weighted by molar-refractivity contribution is 7.89. The van der Waals surface area contributed by atoms with Crippen LogP contribution in [0.25, 0.3) is 0 Å². The Bertz CT molecular complexity index is 645. The summed E-state index contributed by atoms with van der Waals surface area (Å²) in [6.45, 7) is 3.07. The second-order valence-corrected chi connectivity index (χ2v) is 7.16. The van der Waals surface area contributed by atoms with Crippen LogP contribution in [-0.4, -0.2) is 37.2 Å². The van der Waals surface area contributed by atoms with E-state index in [9.17, 15) is 18.3 Å². The van der Waals surface area contributed by atoms with Gasteiger partial charge in [0.25, 0.3) is 0 Å². The summed E-state index contributed by atoms with van der Waals surface area (Å²) >= 11 is 11.6. The first-order valence-corrected chi connectivity index (χ1v) is 8.20. The molecule has 0 radical (unpaired) electrons. The molecule has 1 aromatic rings. The highest BCUT2D eigenvalue weighted by atomic mass is 35.5. The summed E-state index contributed by atoms with van der Waals surface area (Å²) in [5, 5.41) is 17.6. The van der Waals surface area contributed by atoms with Gasteiger partial charge >= 0.3 is 5.97 Å². The Balaban J connectivity index is 3.33. The predicted molar refractivity (Wildman–Crippen MR) is 79.5 cm³/mol. The number of halogens is 2. The smallest absolute Gasteiger partial charge is 0.338 e. The normalized spacial score (nSPS) is 13.4. The zero-order valence-electron chi connectivity index (χ0n) is 11.3. The van der Waals surface area contributed by atoms with Crippen molar-refractivity contribution in [3.63, 3.8) is 0 Å². The Morgan fingerprint density at radius 1 is 1.33 bits per heavy atom. The van der Waals surface area contributed by atoms with Crippen molar-refractivity contribution in [2.24, 2.45) is 5.92 Å². The molecule has 0 amide bonds. The number of aromatic carboxylic acids is 1. The highest BCUT2D eigenvalue weighted by Gasteiger charge is 2.27. The van der Waals surface area contributed by atoms with Gasteiger partial charge in [0.05, 0.1) is 22.2 Å². The number of hydrogen-bond donors (Lipinski definition) is 3. The van der Waals surface area contributed by atoms with Crippen molar-refractivity contribution >= 4 is 39.2 Å². The summed E-state index contributed by atoms with van der Waals surface area (Å²) in [4.78, 5) is 10.7. The number of benzene rings is 1. The van der Waals surface area contributed by atoms with E-state index in [2.05, 4.69) is 4.72 Å². The number of carboxylic acid groups (broad SMARTS) is 1. The average molecular weight is 356 g/mol. The molecule has 21 heavy (non-hydrogen) atoms. The molecule has 0 spiro atoms. The lowest BCUT2D eigenvalue weighted by molar-refractivity contribution is 0.0697. The molecule has 0 aliphatic carbocycles. The van der Waals surface area contributed by atoms with Crippen LogP contribution in [0.15, 0.2) is 17.0 Å². The number of nitrogens with one attached hydrogen (secondary N) is 1. The summed E-state index contributed by atoms with van der Waals surface area (Å²) in [5.41, 5.74) is -0.480. The fourth-order valence-corrected chi connectivity index (χ4v) is 3.88. The maximum atomic E-state index is 12.3. The zero-order chi connectivity index (χ0) is 16.4. The molecule has 3 N–H and O–H groups in total. The van der Waals surface area contributed by atoms with Gasteiger partial charge < -0.3 is 10.2 Å². The summed E-state index contributed by atoms with van der Waals surface area (Å²) in [5.74, 6) is -1.58. The van der Waals surface area contributed by atoms with Gasteiger partial charge in [-0.2, -0.15) is 0 Å². The van der Waals surface area contributed by atoms with Gasteiger partial charge in [-0.15, -0.1) is 0 Å². The van der Waals surface area contributed by atoms with Gasteiger partial charge in [0, 0.05) is 6.04 Å². The summed E-state index contributed by atoms with van der Waals surface area (Å²) in [6, 6.07) is 1.55. The van der Waals surface area contributed by atoms with Gasteiger partial charge in [0.1, 0.15) is 4.90 Å². The van der Waals surface area contributed by atoms with Crippen LogP contribution in [0.3, 0.4) is 0 Å². The number of carboxylic acids is 1. The van der Waals surface area contributed by atoms with E-state index in [0.717, 1.165) is 12.1 Å². The lowest BCUT2D eigenvalue weighted by atomic mass is 10.1. The van der Waals surface area contributed by atoms with Crippen molar-refractivity contribution in [3.8, 4) is 0 Å². The fourth-order valence-electron chi connectivity index (χ4n) is 1.58. The minimum absolute atomic E-state index is 0.158. The molecule has 6 nitrogen and oxygen atoms in total. The molecule has 0 saturated carbocycles. The van der Waals surface area contributed by atoms with Gasteiger partial charge in [0.2, 0.25) is 10.0 Å². The highest BCUT2D eigenvalue weighted by Crippen LogP contribution is 2.31. The maximum absolute atomic E-state index is 12.3. The lowest BCUT2D eigenvalue weighted by Crippen LogP contribution is -2.41. The van der Waals surface area contributed by atoms with Gasteiger partial charge in [-0.1, -0.05) is 37.0 Å². The van der Waals surface area contributed by atoms with Crippen molar-refractivity contribution in [1.29, 1.82) is 0 Å². The molecule has 0 aliphatic rings. The van der Waals surface area contributed by atoms with Crippen LogP contribution < -0.4 is 4.72 Å². The molecule has 0 unspecified atom stereocenters. The molecule has 1 aromatic carbocycles. The quantitative estimate of drug-likeness (QED) is 0.723. The van der Waals surface area contributed by atoms with Gasteiger partial charge in [-0.05, 0) is 18.1 Å². The topological polar surface area (TPSA) is 104 Å². The number of aliphatic hydroxyl groups excluding tert-OH is 1. The van der Waals surface area contributed by atoms with Crippen molar-refractivity contribution in [2.75, 3.05) is 6.61 Å². The van der Waals surface area contributed by atoms with E-state index < -0.39 is 44.1 Å². The molecular weight excluding hydrogens is 341 g/mol.